The summed E-state index contributed by atoms with van der Waals surface area (Å²) in [4.78, 5) is 0. The molecule has 0 aromatic heterocycles. The number of hydrazine groups is 1. The highest BCUT2D eigenvalue weighted by Gasteiger charge is 2.18. The van der Waals surface area contributed by atoms with Gasteiger partial charge in [0.15, 0.2) is 0 Å². The molecule has 1 atom stereocenters. The molecule has 3 N–H and O–H groups in total. The van der Waals surface area contributed by atoms with E-state index in [1.807, 2.05) is 52.0 Å². The number of rotatable bonds is 6. The summed E-state index contributed by atoms with van der Waals surface area (Å²) in [5, 5.41) is 0. The largest absolute Gasteiger partial charge is 0.494 e. The zero-order chi connectivity index (χ0) is 13.6. The minimum Gasteiger partial charge on any atom is -0.494 e. The van der Waals surface area contributed by atoms with Crippen molar-refractivity contribution in [3.63, 3.8) is 0 Å². The molecule has 0 saturated heterocycles. The third kappa shape index (κ3) is 4.64. The highest BCUT2D eigenvalue weighted by molar-refractivity contribution is 5.36. The summed E-state index contributed by atoms with van der Waals surface area (Å²) in [7, 11) is 0. The van der Waals surface area contributed by atoms with Crippen molar-refractivity contribution in [1.29, 1.82) is 0 Å². The molecule has 0 radical (unpaired) electrons. The maximum absolute atomic E-state index is 5.77. The molecule has 4 heteroatoms. The summed E-state index contributed by atoms with van der Waals surface area (Å²) in [6.07, 6.45) is 0. The lowest BCUT2D eigenvalue weighted by Gasteiger charge is -2.25. The smallest absolute Gasteiger partial charge is 0.124 e. The summed E-state index contributed by atoms with van der Waals surface area (Å²) in [6, 6.07) is 7.79. The molecule has 0 amide bonds. The maximum Gasteiger partial charge on any atom is 0.124 e. The predicted octanol–water partition coefficient (Wildman–Crippen LogP) is 2.40. The lowest BCUT2D eigenvalue weighted by molar-refractivity contribution is -0.0151. The molecular formula is C14H24N2O2. The van der Waals surface area contributed by atoms with Gasteiger partial charge in [0.2, 0.25) is 0 Å². The molecule has 1 unspecified atom stereocenters. The van der Waals surface area contributed by atoms with Gasteiger partial charge in [-0.3, -0.25) is 11.3 Å². The Morgan fingerprint density at radius 1 is 1.28 bits per heavy atom. The van der Waals surface area contributed by atoms with Gasteiger partial charge in [0, 0.05) is 5.56 Å². The van der Waals surface area contributed by atoms with Crippen LogP contribution in [0.3, 0.4) is 0 Å². The molecule has 4 nitrogen and oxygen atoms in total. The predicted molar refractivity (Wildman–Crippen MR) is 73.4 cm³/mol. The van der Waals surface area contributed by atoms with Crippen LogP contribution >= 0.6 is 0 Å². The fourth-order valence-electron chi connectivity index (χ4n) is 1.62. The van der Waals surface area contributed by atoms with Gasteiger partial charge in [-0.25, -0.2) is 0 Å². The first kappa shape index (κ1) is 15.0. The van der Waals surface area contributed by atoms with Crippen molar-refractivity contribution in [3.05, 3.63) is 29.8 Å². The fourth-order valence-corrected chi connectivity index (χ4v) is 1.62. The standard InChI is InChI=1S/C14H24N2O2/c1-5-17-13-9-7-6-8-11(13)12(16-15)10-18-14(2,3)4/h6-9,12,16H,5,10,15H2,1-4H3. The van der Waals surface area contributed by atoms with Crippen LogP contribution in [0.2, 0.25) is 0 Å². The number of nitrogens with two attached hydrogens (primary N) is 1. The second-order valence-electron chi connectivity index (χ2n) is 5.11. The lowest BCUT2D eigenvalue weighted by Crippen LogP contribution is -2.34. The number of nitrogens with one attached hydrogen (secondary N) is 1. The van der Waals surface area contributed by atoms with E-state index in [0.717, 1.165) is 11.3 Å². The number of benzene rings is 1. The van der Waals surface area contributed by atoms with Gasteiger partial charge in [0.25, 0.3) is 0 Å². The Morgan fingerprint density at radius 2 is 1.94 bits per heavy atom. The van der Waals surface area contributed by atoms with Crippen LogP contribution in [0.4, 0.5) is 0 Å². The summed E-state index contributed by atoms with van der Waals surface area (Å²) >= 11 is 0. The van der Waals surface area contributed by atoms with Crippen molar-refractivity contribution in [3.8, 4) is 5.75 Å². The minimum absolute atomic E-state index is 0.0769. The molecule has 102 valence electrons. The Labute approximate surface area is 109 Å². The van der Waals surface area contributed by atoms with Crippen molar-refractivity contribution in [2.45, 2.75) is 39.3 Å². The number of para-hydroxylation sites is 1. The SMILES string of the molecule is CCOc1ccccc1C(COC(C)(C)C)NN. The summed E-state index contributed by atoms with van der Waals surface area (Å²) < 4.78 is 11.4. The molecule has 0 aliphatic rings. The molecule has 1 rings (SSSR count). The highest BCUT2D eigenvalue weighted by Crippen LogP contribution is 2.25. The van der Waals surface area contributed by atoms with Crippen LogP contribution in [-0.2, 0) is 4.74 Å². The van der Waals surface area contributed by atoms with Crippen LogP contribution in [0, 0.1) is 0 Å². The third-order valence-electron chi connectivity index (χ3n) is 2.48. The van der Waals surface area contributed by atoms with E-state index in [4.69, 9.17) is 15.3 Å². The molecule has 0 bridgehead atoms. The Balaban J connectivity index is 2.81. The molecule has 0 aliphatic carbocycles. The van der Waals surface area contributed by atoms with E-state index in [-0.39, 0.29) is 11.6 Å². The van der Waals surface area contributed by atoms with Gasteiger partial charge in [-0.1, -0.05) is 18.2 Å². The number of hydrogen-bond donors (Lipinski definition) is 2. The van der Waals surface area contributed by atoms with Crippen LogP contribution < -0.4 is 16.0 Å². The first-order valence-corrected chi connectivity index (χ1v) is 6.29. The third-order valence-corrected chi connectivity index (χ3v) is 2.48. The molecule has 0 spiro atoms. The van der Waals surface area contributed by atoms with Crippen molar-refractivity contribution in [1.82, 2.24) is 5.43 Å². The number of hydrogen-bond acceptors (Lipinski definition) is 4. The fraction of sp³-hybridized carbons (Fsp3) is 0.571. The van der Waals surface area contributed by atoms with Crippen LogP contribution in [0.25, 0.3) is 0 Å². The van der Waals surface area contributed by atoms with Crippen molar-refractivity contribution < 1.29 is 9.47 Å². The second-order valence-corrected chi connectivity index (χ2v) is 5.11. The number of ether oxygens (including phenoxy) is 2. The Morgan fingerprint density at radius 3 is 2.50 bits per heavy atom. The van der Waals surface area contributed by atoms with E-state index in [1.54, 1.807) is 0 Å². The highest BCUT2D eigenvalue weighted by atomic mass is 16.5. The lowest BCUT2D eigenvalue weighted by atomic mass is 10.1. The molecule has 1 aromatic rings. The Kier molecular flexibility index (Phi) is 5.59. The van der Waals surface area contributed by atoms with E-state index < -0.39 is 0 Å². The van der Waals surface area contributed by atoms with E-state index in [2.05, 4.69) is 5.43 Å². The molecule has 0 saturated carbocycles. The van der Waals surface area contributed by atoms with Gasteiger partial charge in [-0.2, -0.15) is 0 Å². The Bertz CT molecular complexity index is 361. The van der Waals surface area contributed by atoms with Gasteiger partial charge >= 0.3 is 0 Å². The van der Waals surface area contributed by atoms with Crippen LogP contribution in [0.15, 0.2) is 24.3 Å². The van der Waals surface area contributed by atoms with E-state index in [0.29, 0.717) is 13.2 Å². The summed E-state index contributed by atoms with van der Waals surface area (Å²) in [5.74, 6) is 6.46. The first-order chi connectivity index (χ1) is 8.48. The quantitative estimate of drug-likeness (QED) is 0.603. The minimum atomic E-state index is -0.185. The summed E-state index contributed by atoms with van der Waals surface area (Å²) in [5.41, 5.74) is 3.62. The monoisotopic (exact) mass is 252 g/mol. The van der Waals surface area contributed by atoms with Crippen molar-refractivity contribution >= 4 is 0 Å². The Hall–Kier alpha value is -1.10. The maximum atomic E-state index is 5.77. The molecule has 1 aromatic carbocycles. The van der Waals surface area contributed by atoms with Gasteiger partial charge in [-0.05, 0) is 33.8 Å². The molecule has 0 aliphatic heterocycles. The average Bonchev–Trinajstić information content (AvgIpc) is 2.31. The second kappa shape index (κ2) is 6.73. The van der Waals surface area contributed by atoms with Gasteiger partial charge in [-0.15, -0.1) is 0 Å². The first-order valence-electron chi connectivity index (χ1n) is 6.29. The van der Waals surface area contributed by atoms with Gasteiger partial charge < -0.3 is 9.47 Å². The molecule has 18 heavy (non-hydrogen) atoms. The van der Waals surface area contributed by atoms with Gasteiger partial charge in [0.05, 0.1) is 24.9 Å². The molecular weight excluding hydrogens is 228 g/mol. The van der Waals surface area contributed by atoms with Crippen LogP contribution in [0.5, 0.6) is 5.75 Å². The van der Waals surface area contributed by atoms with Crippen molar-refractivity contribution in [2.24, 2.45) is 5.84 Å². The molecule has 0 heterocycles. The van der Waals surface area contributed by atoms with E-state index in [1.165, 1.54) is 0 Å². The average molecular weight is 252 g/mol. The zero-order valence-corrected chi connectivity index (χ0v) is 11.7. The van der Waals surface area contributed by atoms with Crippen molar-refractivity contribution in [2.75, 3.05) is 13.2 Å². The topological polar surface area (TPSA) is 56.5 Å². The van der Waals surface area contributed by atoms with Gasteiger partial charge in [0.1, 0.15) is 5.75 Å². The normalized spacial score (nSPS) is 13.4. The zero-order valence-electron chi connectivity index (χ0n) is 11.7. The molecule has 0 fully saturated rings. The summed E-state index contributed by atoms with van der Waals surface area (Å²) in [6.45, 7) is 9.17. The van der Waals surface area contributed by atoms with Crippen LogP contribution in [0.1, 0.15) is 39.3 Å². The van der Waals surface area contributed by atoms with E-state index >= 15 is 0 Å². The van der Waals surface area contributed by atoms with E-state index in [9.17, 15) is 0 Å². The van der Waals surface area contributed by atoms with Crippen LogP contribution in [-0.4, -0.2) is 18.8 Å².